The minimum atomic E-state index is 0.789. The molecule has 0 amide bonds. The average Bonchev–Trinajstić information content (AvgIpc) is 2.78. The van der Waals surface area contributed by atoms with E-state index in [0.29, 0.717) is 0 Å². The molecule has 0 radical (unpaired) electrons. The molecule has 0 aliphatic heterocycles. The van der Waals surface area contributed by atoms with Crippen LogP contribution in [0.25, 0.3) is 0 Å². The fourth-order valence-electron chi connectivity index (χ4n) is 2.28. The fraction of sp³-hybridized carbons (Fsp3) is 0.471. The average molecular weight is 323 g/mol. The number of rotatable bonds is 7. The van der Waals surface area contributed by atoms with E-state index in [2.05, 4.69) is 41.6 Å². The number of thioether (sulfide) groups is 1. The van der Waals surface area contributed by atoms with Crippen LogP contribution >= 0.6 is 23.4 Å². The minimum absolute atomic E-state index is 0.789. The lowest BCUT2D eigenvalue weighted by atomic mass is 10.2. The van der Waals surface area contributed by atoms with Gasteiger partial charge in [0.05, 0.1) is 6.54 Å². The summed E-state index contributed by atoms with van der Waals surface area (Å²) in [5, 5.41) is 0.850. The summed E-state index contributed by atoms with van der Waals surface area (Å²) in [5.41, 5.74) is 2.32. The lowest BCUT2D eigenvalue weighted by Crippen LogP contribution is -2.04. The Labute approximate surface area is 136 Å². The molecule has 0 bridgehead atoms. The van der Waals surface area contributed by atoms with Gasteiger partial charge in [-0.1, -0.05) is 37.4 Å². The molecule has 2 rings (SSSR count). The van der Waals surface area contributed by atoms with Crippen LogP contribution in [-0.2, 0) is 6.54 Å². The van der Waals surface area contributed by atoms with E-state index in [1.54, 1.807) is 0 Å². The van der Waals surface area contributed by atoms with E-state index in [9.17, 15) is 0 Å². The first-order valence-corrected chi connectivity index (χ1v) is 8.88. The Bertz CT molecular complexity index is 573. The van der Waals surface area contributed by atoms with Gasteiger partial charge in [-0.25, -0.2) is 4.98 Å². The summed E-state index contributed by atoms with van der Waals surface area (Å²) in [4.78, 5) is 5.60. The first-order valence-electron chi connectivity index (χ1n) is 7.51. The number of unbranched alkanes of at least 4 members (excludes halogenated alkanes) is 2. The Balaban J connectivity index is 2.02. The van der Waals surface area contributed by atoms with Crippen molar-refractivity contribution in [3.05, 3.63) is 46.5 Å². The van der Waals surface area contributed by atoms with E-state index in [-0.39, 0.29) is 0 Å². The summed E-state index contributed by atoms with van der Waals surface area (Å²) in [6, 6.07) is 6.41. The Hall–Kier alpha value is -0.930. The topological polar surface area (TPSA) is 17.8 Å². The molecule has 21 heavy (non-hydrogen) atoms. The van der Waals surface area contributed by atoms with Crippen molar-refractivity contribution in [1.29, 1.82) is 0 Å². The number of imidazole rings is 1. The number of aryl methyl sites for hydroxylation is 2. The summed E-state index contributed by atoms with van der Waals surface area (Å²) < 4.78 is 2.19. The highest BCUT2D eigenvalue weighted by atomic mass is 35.5. The van der Waals surface area contributed by atoms with Gasteiger partial charge in [-0.05, 0) is 43.7 Å². The van der Waals surface area contributed by atoms with E-state index in [0.717, 1.165) is 23.0 Å². The molecule has 0 fully saturated rings. The predicted molar refractivity (Wildman–Crippen MR) is 92.5 cm³/mol. The maximum absolute atomic E-state index is 6.44. The molecule has 114 valence electrons. The first kappa shape index (κ1) is 16.4. The van der Waals surface area contributed by atoms with Crippen molar-refractivity contribution >= 4 is 23.4 Å². The van der Waals surface area contributed by atoms with Crippen LogP contribution < -0.4 is 0 Å². The lowest BCUT2D eigenvalue weighted by Gasteiger charge is -2.11. The Morgan fingerprint density at radius 2 is 2.05 bits per heavy atom. The molecule has 1 heterocycles. The van der Waals surface area contributed by atoms with Gasteiger partial charge in [-0.2, -0.15) is 0 Å². The van der Waals surface area contributed by atoms with Crippen molar-refractivity contribution in [3.63, 3.8) is 0 Å². The zero-order chi connectivity index (χ0) is 15.2. The largest absolute Gasteiger partial charge is 0.328 e. The molecule has 1 aromatic heterocycles. The first-order chi connectivity index (χ1) is 10.1. The maximum atomic E-state index is 6.44. The normalized spacial score (nSPS) is 11.0. The van der Waals surface area contributed by atoms with Gasteiger partial charge in [0.15, 0.2) is 0 Å². The van der Waals surface area contributed by atoms with Gasteiger partial charge >= 0.3 is 0 Å². The van der Waals surface area contributed by atoms with Crippen LogP contribution in [0.4, 0.5) is 0 Å². The molecule has 0 unspecified atom stereocenters. The van der Waals surface area contributed by atoms with Crippen LogP contribution in [0.2, 0.25) is 5.02 Å². The van der Waals surface area contributed by atoms with Crippen LogP contribution in [0, 0.1) is 13.8 Å². The molecule has 0 saturated heterocycles. The zero-order valence-corrected chi connectivity index (χ0v) is 14.6. The summed E-state index contributed by atoms with van der Waals surface area (Å²) in [6.45, 7) is 7.12. The van der Waals surface area contributed by atoms with Crippen LogP contribution in [-0.4, -0.2) is 15.3 Å². The Kier molecular flexibility index (Phi) is 6.19. The van der Waals surface area contributed by atoms with E-state index in [4.69, 9.17) is 11.6 Å². The summed E-state index contributed by atoms with van der Waals surface area (Å²) in [7, 11) is 0. The van der Waals surface area contributed by atoms with Gasteiger partial charge in [0.25, 0.3) is 0 Å². The van der Waals surface area contributed by atoms with E-state index < -0.39 is 0 Å². The van der Waals surface area contributed by atoms with Crippen molar-refractivity contribution in [2.75, 3.05) is 5.75 Å². The van der Waals surface area contributed by atoms with Crippen LogP contribution in [0.15, 0.2) is 29.3 Å². The molecule has 0 saturated carbocycles. The molecule has 2 aromatic rings. The Morgan fingerprint density at radius 1 is 1.24 bits per heavy atom. The number of hydrogen-bond acceptors (Lipinski definition) is 2. The molecule has 0 aliphatic rings. The van der Waals surface area contributed by atoms with Gasteiger partial charge in [0.2, 0.25) is 0 Å². The van der Waals surface area contributed by atoms with E-state index >= 15 is 0 Å². The number of benzene rings is 1. The van der Waals surface area contributed by atoms with Gasteiger partial charge in [-0.15, -0.1) is 11.8 Å². The smallest absolute Gasteiger partial charge is 0.106 e. The van der Waals surface area contributed by atoms with Crippen molar-refractivity contribution in [1.82, 2.24) is 9.55 Å². The van der Waals surface area contributed by atoms with Gasteiger partial charge < -0.3 is 4.57 Å². The fourth-order valence-corrected chi connectivity index (χ4v) is 3.53. The SMILES string of the molecule is CCCCCSc1ccc(Cn2c(C)cnc2C)c(Cl)c1. The molecule has 0 N–H and O–H groups in total. The summed E-state index contributed by atoms with van der Waals surface area (Å²) >= 11 is 8.34. The number of halogens is 1. The van der Waals surface area contributed by atoms with Crippen molar-refractivity contribution in [3.8, 4) is 0 Å². The van der Waals surface area contributed by atoms with Gasteiger partial charge in [-0.3, -0.25) is 0 Å². The minimum Gasteiger partial charge on any atom is -0.328 e. The van der Waals surface area contributed by atoms with Crippen molar-refractivity contribution < 1.29 is 0 Å². The molecule has 4 heteroatoms. The molecule has 0 aliphatic carbocycles. The third kappa shape index (κ3) is 4.52. The number of hydrogen-bond donors (Lipinski definition) is 0. The zero-order valence-electron chi connectivity index (χ0n) is 13.0. The second-order valence-corrected chi connectivity index (χ2v) is 6.92. The lowest BCUT2D eigenvalue weighted by molar-refractivity contribution is 0.738. The van der Waals surface area contributed by atoms with Crippen LogP contribution in [0.1, 0.15) is 43.3 Å². The highest BCUT2D eigenvalue weighted by molar-refractivity contribution is 7.99. The molecular formula is C17H23ClN2S. The summed E-state index contributed by atoms with van der Waals surface area (Å²) in [6.07, 6.45) is 5.75. The molecular weight excluding hydrogens is 300 g/mol. The molecule has 0 spiro atoms. The molecule has 1 aromatic carbocycles. The highest BCUT2D eigenvalue weighted by Crippen LogP contribution is 2.27. The van der Waals surface area contributed by atoms with Gasteiger partial charge in [0.1, 0.15) is 5.82 Å². The second kappa shape index (κ2) is 7.90. The predicted octanol–water partition coefficient (Wildman–Crippen LogP) is 5.48. The molecule has 0 atom stereocenters. The maximum Gasteiger partial charge on any atom is 0.106 e. The standard InChI is InChI=1S/C17H23ClN2S/c1-4-5-6-9-21-16-8-7-15(17(18)10-16)12-20-13(2)11-19-14(20)3/h7-8,10-11H,4-6,9,12H2,1-3H3. The quantitative estimate of drug-likeness (QED) is 0.496. The third-order valence-electron chi connectivity index (χ3n) is 3.62. The number of nitrogens with zero attached hydrogens (tertiary/aromatic N) is 2. The van der Waals surface area contributed by atoms with Crippen LogP contribution in [0.3, 0.4) is 0 Å². The van der Waals surface area contributed by atoms with Crippen LogP contribution in [0.5, 0.6) is 0 Å². The monoisotopic (exact) mass is 322 g/mol. The third-order valence-corrected chi connectivity index (χ3v) is 5.06. The highest BCUT2D eigenvalue weighted by Gasteiger charge is 2.07. The van der Waals surface area contributed by atoms with Gasteiger partial charge in [0, 0.05) is 21.8 Å². The van der Waals surface area contributed by atoms with Crippen molar-refractivity contribution in [2.24, 2.45) is 0 Å². The number of aromatic nitrogens is 2. The van der Waals surface area contributed by atoms with E-state index in [1.165, 1.54) is 35.6 Å². The molecule has 2 nitrogen and oxygen atoms in total. The van der Waals surface area contributed by atoms with Crippen molar-refractivity contribution in [2.45, 2.75) is 51.5 Å². The summed E-state index contributed by atoms with van der Waals surface area (Å²) in [5.74, 6) is 2.20. The van der Waals surface area contributed by atoms with E-state index in [1.807, 2.05) is 24.9 Å². The Morgan fingerprint density at radius 3 is 2.67 bits per heavy atom. The second-order valence-electron chi connectivity index (χ2n) is 5.34.